The zero-order valence-corrected chi connectivity index (χ0v) is 9.00. The van der Waals surface area contributed by atoms with Crippen LogP contribution in [0.5, 0.6) is 0 Å². The average Bonchev–Trinajstić information content (AvgIpc) is 2.67. The van der Waals surface area contributed by atoms with E-state index in [1.54, 1.807) is 0 Å². The SMILES string of the molecule is CC1CNCC(COC2CCCC2)O1. The first-order valence-corrected chi connectivity index (χ1v) is 5.82. The van der Waals surface area contributed by atoms with Gasteiger partial charge in [-0.15, -0.1) is 0 Å². The molecule has 0 bridgehead atoms. The maximum atomic E-state index is 5.83. The summed E-state index contributed by atoms with van der Waals surface area (Å²) in [5.41, 5.74) is 0. The van der Waals surface area contributed by atoms with E-state index >= 15 is 0 Å². The van der Waals surface area contributed by atoms with Gasteiger partial charge in [0.1, 0.15) is 0 Å². The number of hydrogen-bond acceptors (Lipinski definition) is 3. The number of morpholine rings is 1. The summed E-state index contributed by atoms with van der Waals surface area (Å²) in [6, 6.07) is 0. The van der Waals surface area contributed by atoms with E-state index in [2.05, 4.69) is 12.2 Å². The molecule has 2 atom stereocenters. The lowest BCUT2D eigenvalue weighted by Crippen LogP contribution is -2.45. The van der Waals surface area contributed by atoms with Crippen LogP contribution in [0, 0.1) is 0 Å². The molecule has 0 aromatic heterocycles. The van der Waals surface area contributed by atoms with Crippen LogP contribution in [-0.4, -0.2) is 38.0 Å². The minimum absolute atomic E-state index is 0.263. The van der Waals surface area contributed by atoms with Crippen molar-refractivity contribution in [1.82, 2.24) is 5.32 Å². The Bertz CT molecular complexity index is 169. The molecule has 1 saturated heterocycles. The van der Waals surface area contributed by atoms with Crippen LogP contribution in [0.3, 0.4) is 0 Å². The van der Waals surface area contributed by atoms with Crippen molar-refractivity contribution in [2.75, 3.05) is 19.7 Å². The first-order valence-electron chi connectivity index (χ1n) is 5.82. The molecule has 0 spiro atoms. The van der Waals surface area contributed by atoms with E-state index in [4.69, 9.17) is 9.47 Å². The van der Waals surface area contributed by atoms with Gasteiger partial charge in [-0.2, -0.15) is 0 Å². The van der Waals surface area contributed by atoms with Gasteiger partial charge in [0.15, 0.2) is 0 Å². The summed E-state index contributed by atoms with van der Waals surface area (Å²) in [4.78, 5) is 0. The fraction of sp³-hybridized carbons (Fsp3) is 1.00. The van der Waals surface area contributed by atoms with Gasteiger partial charge in [0.05, 0.1) is 24.9 Å². The molecule has 82 valence electrons. The predicted molar refractivity (Wildman–Crippen MR) is 55.4 cm³/mol. The number of nitrogens with one attached hydrogen (secondary N) is 1. The van der Waals surface area contributed by atoms with E-state index in [1.165, 1.54) is 25.7 Å². The van der Waals surface area contributed by atoms with Crippen LogP contribution in [-0.2, 0) is 9.47 Å². The summed E-state index contributed by atoms with van der Waals surface area (Å²) in [5, 5.41) is 3.35. The molecule has 0 aromatic rings. The summed E-state index contributed by atoms with van der Waals surface area (Å²) in [6.07, 6.45) is 6.28. The van der Waals surface area contributed by atoms with Crippen LogP contribution >= 0.6 is 0 Å². The highest BCUT2D eigenvalue weighted by Crippen LogP contribution is 2.21. The molecule has 1 saturated carbocycles. The molecule has 2 aliphatic rings. The second-order valence-corrected chi connectivity index (χ2v) is 4.47. The first-order chi connectivity index (χ1) is 6.84. The van der Waals surface area contributed by atoms with E-state index in [9.17, 15) is 0 Å². The van der Waals surface area contributed by atoms with Crippen molar-refractivity contribution in [3.05, 3.63) is 0 Å². The lowest BCUT2D eigenvalue weighted by Gasteiger charge is -2.29. The van der Waals surface area contributed by atoms with Crippen molar-refractivity contribution in [3.63, 3.8) is 0 Å². The Kier molecular flexibility index (Phi) is 3.79. The fourth-order valence-corrected chi connectivity index (χ4v) is 2.27. The quantitative estimate of drug-likeness (QED) is 0.743. The molecule has 0 radical (unpaired) electrons. The van der Waals surface area contributed by atoms with Crippen molar-refractivity contribution in [1.29, 1.82) is 0 Å². The van der Waals surface area contributed by atoms with Crippen molar-refractivity contribution < 1.29 is 9.47 Å². The zero-order valence-electron chi connectivity index (χ0n) is 9.00. The Morgan fingerprint density at radius 3 is 2.79 bits per heavy atom. The molecule has 3 nitrogen and oxygen atoms in total. The third-order valence-electron chi connectivity index (χ3n) is 3.05. The summed E-state index contributed by atoms with van der Waals surface area (Å²) in [5.74, 6) is 0. The monoisotopic (exact) mass is 199 g/mol. The van der Waals surface area contributed by atoms with Gasteiger partial charge in [0.25, 0.3) is 0 Å². The summed E-state index contributed by atoms with van der Waals surface area (Å²) in [7, 11) is 0. The van der Waals surface area contributed by atoms with Gasteiger partial charge in [-0.05, 0) is 19.8 Å². The van der Waals surface area contributed by atoms with E-state index in [-0.39, 0.29) is 6.10 Å². The molecular formula is C11H21NO2. The molecular weight excluding hydrogens is 178 g/mol. The molecule has 2 fully saturated rings. The molecule has 2 rings (SSSR count). The molecule has 1 N–H and O–H groups in total. The summed E-state index contributed by atoms with van der Waals surface area (Å²) in [6.45, 7) is 4.79. The summed E-state index contributed by atoms with van der Waals surface area (Å²) < 4.78 is 11.6. The Morgan fingerprint density at radius 2 is 2.07 bits per heavy atom. The van der Waals surface area contributed by atoms with Crippen LogP contribution in [0.25, 0.3) is 0 Å². The lowest BCUT2D eigenvalue weighted by atomic mass is 10.2. The Balaban J connectivity index is 1.64. The van der Waals surface area contributed by atoms with Crippen LogP contribution in [0.4, 0.5) is 0 Å². The molecule has 1 aliphatic heterocycles. The molecule has 14 heavy (non-hydrogen) atoms. The van der Waals surface area contributed by atoms with Crippen molar-refractivity contribution >= 4 is 0 Å². The van der Waals surface area contributed by atoms with E-state index in [1.807, 2.05) is 0 Å². The van der Waals surface area contributed by atoms with Gasteiger partial charge in [-0.25, -0.2) is 0 Å². The highest BCUT2D eigenvalue weighted by atomic mass is 16.5. The molecule has 2 unspecified atom stereocenters. The van der Waals surface area contributed by atoms with Crippen LogP contribution in [0.15, 0.2) is 0 Å². The zero-order chi connectivity index (χ0) is 9.80. The third kappa shape index (κ3) is 2.94. The third-order valence-corrected chi connectivity index (χ3v) is 3.05. The average molecular weight is 199 g/mol. The lowest BCUT2D eigenvalue weighted by molar-refractivity contribution is -0.0834. The van der Waals surface area contributed by atoms with Crippen LogP contribution < -0.4 is 5.32 Å². The number of rotatable bonds is 3. The van der Waals surface area contributed by atoms with Gasteiger partial charge < -0.3 is 14.8 Å². The Hall–Kier alpha value is -0.120. The summed E-state index contributed by atoms with van der Waals surface area (Å²) >= 11 is 0. The largest absolute Gasteiger partial charge is 0.375 e. The topological polar surface area (TPSA) is 30.5 Å². The molecule has 0 aromatic carbocycles. The van der Waals surface area contributed by atoms with Gasteiger partial charge in [0.2, 0.25) is 0 Å². The Labute approximate surface area is 86.2 Å². The molecule has 3 heteroatoms. The standard InChI is InChI=1S/C11H21NO2/c1-9-6-12-7-11(14-9)8-13-10-4-2-3-5-10/h9-12H,2-8H2,1H3. The number of ether oxygens (including phenoxy) is 2. The van der Waals surface area contributed by atoms with Crippen LogP contribution in [0.1, 0.15) is 32.6 Å². The minimum Gasteiger partial charge on any atom is -0.375 e. The fourth-order valence-electron chi connectivity index (χ4n) is 2.27. The first kappa shape index (κ1) is 10.4. The van der Waals surface area contributed by atoms with E-state index in [0.717, 1.165) is 19.7 Å². The molecule has 0 amide bonds. The molecule has 1 aliphatic carbocycles. The second-order valence-electron chi connectivity index (χ2n) is 4.47. The number of hydrogen-bond donors (Lipinski definition) is 1. The van der Waals surface area contributed by atoms with Gasteiger partial charge in [0, 0.05) is 13.1 Å². The maximum absolute atomic E-state index is 5.83. The van der Waals surface area contributed by atoms with Crippen molar-refractivity contribution in [2.45, 2.75) is 50.9 Å². The minimum atomic E-state index is 0.263. The smallest absolute Gasteiger partial charge is 0.0936 e. The van der Waals surface area contributed by atoms with Gasteiger partial charge in [-0.3, -0.25) is 0 Å². The van der Waals surface area contributed by atoms with Gasteiger partial charge >= 0.3 is 0 Å². The van der Waals surface area contributed by atoms with Crippen molar-refractivity contribution in [3.8, 4) is 0 Å². The Morgan fingerprint density at radius 1 is 1.29 bits per heavy atom. The normalized spacial score (nSPS) is 34.9. The maximum Gasteiger partial charge on any atom is 0.0936 e. The highest BCUT2D eigenvalue weighted by Gasteiger charge is 2.21. The second kappa shape index (κ2) is 5.10. The highest BCUT2D eigenvalue weighted by molar-refractivity contribution is 4.73. The predicted octanol–water partition coefficient (Wildman–Crippen LogP) is 1.32. The van der Waals surface area contributed by atoms with E-state index < -0.39 is 0 Å². The van der Waals surface area contributed by atoms with E-state index in [0.29, 0.717) is 12.2 Å². The van der Waals surface area contributed by atoms with Crippen LogP contribution in [0.2, 0.25) is 0 Å². The molecule has 1 heterocycles. The van der Waals surface area contributed by atoms with Crippen molar-refractivity contribution in [2.24, 2.45) is 0 Å². The van der Waals surface area contributed by atoms with Gasteiger partial charge in [-0.1, -0.05) is 12.8 Å².